The first-order valence-corrected chi connectivity index (χ1v) is 6.85. The molecule has 0 spiro atoms. The Morgan fingerprint density at radius 1 is 1.50 bits per heavy atom. The molecule has 0 amide bonds. The van der Waals surface area contributed by atoms with E-state index in [2.05, 4.69) is 20.8 Å². The van der Waals surface area contributed by atoms with E-state index >= 15 is 0 Å². The molecule has 1 unspecified atom stereocenters. The molecule has 1 atom stereocenters. The highest BCUT2D eigenvalue weighted by atomic mass is 79.9. The summed E-state index contributed by atoms with van der Waals surface area (Å²) in [6.07, 6.45) is -1.69. The van der Waals surface area contributed by atoms with Gasteiger partial charge in [-0.3, -0.25) is 4.90 Å². The number of nitrogens with zero attached hydrogens (tertiary/aromatic N) is 1. The van der Waals surface area contributed by atoms with E-state index < -0.39 is 12.1 Å². The van der Waals surface area contributed by atoms with Crippen LogP contribution >= 0.6 is 15.9 Å². The number of rotatable bonds is 5. The minimum atomic E-state index is -1.66. The number of carbonyl (C=O) groups is 1. The van der Waals surface area contributed by atoms with Crippen molar-refractivity contribution >= 4 is 21.9 Å². The minimum Gasteiger partial charge on any atom is -0.493 e. The summed E-state index contributed by atoms with van der Waals surface area (Å²) in [5.74, 6) is -0.659. The third-order valence-corrected chi connectivity index (χ3v) is 3.57. The van der Waals surface area contributed by atoms with E-state index in [1.54, 1.807) is 6.07 Å². The van der Waals surface area contributed by atoms with E-state index in [-0.39, 0.29) is 17.4 Å². The van der Waals surface area contributed by atoms with Crippen LogP contribution in [0.1, 0.15) is 11.7 Å². The maximum atomic E-state index is 11.0. The number of likely N-dealkylation sites (N-methyl/N-ethyl adjacent to an activating group) is 1. The summed E-state index contributed by atoms with van der Waals surface area (Å²) < 4.78 is 11.6. The second-order valence-corrected chi connectivity index (χ2v) is 5.64. The van der Waals surface area contributed by atoms with Gasteiger partial charge >= 0.3 is 5.97 Å². The fraction of sp³-hybridized carbons (Fsp3) is 0.462. The Morgan fingerprint density at radius 3 is 2.65 bits per heavy atom. The predicted molar refractivity (Wildman–Crippen MR) is 75.2 cm³/mol. The topological polar surface area (TPSA) is 79.2 Å². The predicted octanol–water partition coefficient (Wildman–Crippen LogP) is 1.27. The first-order valence-electron chi connectivity index (χ1n) is 6.06. The number of ether oxygens (including phenoxy) is 2. The zero-order chi connectivity index (χ0) is 14.9. The quantitative estimate of drug-likeness (QED) is 0.836. The van der Waals surface area contributed by atoms with Gasteiger partial charge in [0, 0.05) is 23.1 Å². The van der Waals surface area contributed by atoms with Crippen LogP contribution in [0.3, 0.4) is 0 Å². The highest BCUT2D eigenvalue weighted by Crippen LogP contribution is 2.39. The molecular formula is C13H16BrNO5. The van der Waals surface area contributed by atoms with Gasteiger partial charge in [-0.15, -0.1) is 0 Å². The Labute approximate surface area is 125 Å². The van der Waals surface area contributed by atoms with E-state index in [9.17, 15) is 9.90 Å². The molecule has 2 N–H and O–H groups in total. The SMILES string of the molecule is COc1cc(Br)cc(C(O)C(=O)O)c1OC1CN(C)C1. The normalized spacial score (nSPS) is 17.4. The van der Waals surface area contributed by atoms with Crippen molar-refractivity contribution in [2.24, 2.45) is 0 Å². The number of hydrogen-bond acceptors (Lipinski definition) is 5. The number of halogens is 1. The van der Waals surface area contributed by atoms with Gasteiger partial charge in [0.2, 0.25) is 0 Å². The van der Waals surface area contributed by atoms with Crippen LogP contribution in [-0.4, -0.2) is 54.4 Å². The van der Waals surface area contributed by atoms with Gasteiger partial charge in [0.05, 0.1) is 7.11 Å². The van der Waals surface area contributed by atoms with Crippen molar-refractivity contribution in [1.82, 2.24) is 4.90 Å². The van der Waals surface area contributed by atoms with Gasteiger partial charge in [-0.1, -0.05) is 15.9 Å². The fourth-order valence-electron chi connectivity index (χ4n) is 2.09. The molecule has 1 saturated heterocycles. The molecule has 0 aromatic heterocycles. The number of aliphatic hydroxyl groups excluding tert-OH is 1. The van der Waals surface area contributed by atoms with Crippen LogP contribution < -0.4 is 9.47 Å². The van der Waals surface area contributed by atoms with Gasteiger partial charge in [0.15, 0.2) is 17.6 Å². The van der Waals surface area contributed by atoms with Crippen molar-refractivity contribution in [1.29, 1.82) is 0 Å². The molecule has 1 aliphatic heterocycles. The first-order chi connectivity index (χ1) is 9.42. The molecule has 0 radical (unpaired) electrons. The second kappa shape index (κ2) is 5.99. The van der Waals surface area contributed by atoms with Crippen LogP contribution in [0, 0.1) is 0 Å². The van der Waals surface area contributed by atoms with Gasteiger partial charge in [0.25, 0.3) is 0 Å². The highest BCUT2D eigenvalue weighted by molar-refractivity contribution is 9.10. The number of aliphatic carboxylic acids is 1. The Bertz CT molecular complexity index is 516. The van der Waals surface area contributed by atoms with Gasteiger partial charge in [0.1, 0.15) is 6.10 Å². The van der Waals surface area contributed by atoms with Crippen LogP contribution in [0.15, 0.2) is 16.6 Å². The van der Waals surface area contributed by atoms with E-state index in [0.717, 1.165) is 13.1 Å². The van der Waals surface area contributed by atoms with Crippen LogP contribution in [0.4, 0.5) is 0 Å². The Kier molecular flexibility index (Phi) is 4.52. The van der Waals surface area contributed by atoms with Crippen LogP contribution in [-0.2, 0) is 4.79 Å². The molecule has 6 nitrogen and oxygen atoms in total. The molecule has 1 fully saturated rings. The number of carboxylic acid groups (broad SMARTS) is 1. The third-order valence-electron chi connectivity index (χ3n) is 3.11. The molecule has 7 heteroatoms. The molecule has 0 bridgehead atoms. The average Bonchev–Trinajstić information content (AvgIpc) is 2.36. The van der Waals surface area contributed by atoms with Crippen LogP contribution in [0.2, 0.25) is 0 Å². The van der Waals surface area contributed by atoms with Gasteiger partial charge < -0.3 is 19.7 Å². The Morgan fingerprint density at radius 2 is 2.15 bits per heavy atom. The van der Waals surface area contributed by atoms with Crippen molar-refractivity contribution in [2.45, 2.75) is 12.2 Å². The fourth-order valence-corrected chi connectivity index (χ4v) is 2.54. The Balaban J connectivity index is 2.36. The minimum absolute atomic E-state index is 0.0326. The van der Waals surface area contributed by atoms with E-state index in [0.29, 0.717) is 10.2 Å². The van der Waals surface area contributed by atoms with Crippen LogP contribution in [0.5, 0.6) is 11.5 Å². The molecule has 1 aromatic carbocycles. The van der Waals surface area contributed by atoms with Gasteiger partial charge in [-0.25, -0.2) is 4.79 Å². The maximum Gasteiger partial charge on any atom is 0.337 e. The summed E-state index contributed by atoms with van der Waals surface area (Å²) in [6, 6.07) is 3.20. The van der Waals surface area contributed by atoms with E-state index in [1.165, 1.54) is 13.2 Å². The summed E-state index contributed by atoms with van der Waals surface area (Å²) in [7, 11) is 3.43. The van der Waals surface area contributed by atoms with Gasteiger partial charge in [-0.05, 0) is 19.2 Å². The zero-order valence-corrected chi connectivity index (χ0v) is 12.8. The number of carboxylic acids is 1. The number of benzene rings is 1. The molecular weight excluding hydrogens is 330 g/mol. The molecule has 110 valence electrons. The number of aliphatic hydroxyl groups is 1. The van der Waals surface area contributed by atoms with Crippen molar-refractivity contribution in [3.8, 4) is 11.5 Å². The molecule has 1 aliphatic rings. The van der Waals surface area contributed by atoms with Crippen molar-refractivity contribution in [3.63, 3.8) is 0 Å². The first kappa shape index (κ1) is 15.1. The lowest BCUT2D eigenvalue weighted by Crippen LogP contribution is -2.51. The average molecular weight is 346 g/mol. The van der Waals surface area contributed by atoms with E-state index in [4.69, 9.17) is 14.6 Å². The molecule has 0 aliphatic carbocycles. The molecule has 20 heavy (non-hydrogen) atoms. The van der Waals surface area contributed by atoms with Crippen molar-refractivity contribution < 1.29 is 24.5 Å². The summed E-state index contributed by atoms with van der Waals surface area (Å²) in [5.41, 5.74) is 0.179. The zero-order valence-electron chi connectivity index (χ0n) is 11.2. The Hall–Kier alpha value is -1.31. The van der Waals surface area contributed by atoms with Gasteiger partial charge in [-0.2, -0.15) is 0 Å². The summed E-state index contributed by atoms with van der Waals surface area (Å²) in [6.45, 7) is 1.50. The number of likely N-dealkylation sites (tertiary alicyclic amines) is 1. The summed E-state index contributed by atoms with van der Waals surface area (Å²) in [5, 5.41) is 18.8. The van der Waals surface area contributed by atoms with E-state index in [1.807, 2.05) is 7.05 Å². The van der Waals surface area contributed by atoms with Crippen LogP contribution in [0.25, 0.3) is 0 Å². The van der Waals surface area contributed by atoms with Crippen molar-refractivity contribution in [2.75, 3.05) is 27.2 Å². The number of methoxy groups -OCH3 is 1. The van der Waals surface area contributed by atoms with Crippen molar-refractivity contribution in [3.05, 3.63) is 22.2 Å². The largest absolute Gasteiger partial charge is 0.493 e. The summed E-state index contributed by atoms with van der Waals surface area (Å²) >= 11 is 3.26. The molecule has 1 aromatic rings. The lowest BCUT2D eigenvalue weighted by molar-refractivity contribution is -0.147. The second-order valence-electron chi connectivity index (χ2n) is 4.73. The highest BCUT2D eigenvalue weighted by Gasteiger charge is 2.30. The summed E-state index contributed by atoms with van der Waals surface area (Å²) in [4.78, 5) is 13.1. The lowest BCUT2D eigenvalue weighted by Gasteiger charge is -2.36. The lowest BCUT2D eigenvalue weighted by atomic mass is 10.1. The third kappa shape index (κ3) is 3.05. The number of hydrogen-bond donors (Lipinski definition) is 2. The smallest absolute Gasteiger partial charge is 0.337 e. The monoisotopic (exact) mass is 345 g/mol. The molecule has 0 saturated carbocycles. The standard InChI is InChI=1S/C13H16BrNO5/c1-15-5-8(6-15)20-12-9(11(16)13(17)18)3-7(14)4-10(12)19-2/h3-4,8,11,16H,5-6H2,1-2H3,(H,17,18). The maximum absolute atomic E-state index is 11.0. The molecule has 2 rings (SSSR count). The molecule has 1 heterocycles.